The van der Waals surface area contributed by atoms with Crippen LogP contribution in [0.25, 0.3) is 0 Å². The maximum Gasteiger partial charge on any atom is 0.310 e. The quantitative estimate of drug-likeness (QED) is 0.646. The summed E-state index contributed by atoms with van der Waals surface area (Å²) in [6.45, 7) is 8.16. The normalized spacial score (nSPS) is 21.4. The molecule has 1 fully saturated rings. The van der Waals surface area contributed by atoms with Crippen molar-refractivity contribution in [2.24, 2.45) is 17.3 Å². The first kappa shape index (κ1) is 19.2. The summed E-state index contributed by atoms with van der Waals surface area (Å²) in [7, 11) is 0. The van der Waals surface area contributed by atoms with Gasteiger partial charge in [0.25, 0.3) is 0 Å². The van der Waals surface area contributed by atoms with E-state index in [1.807, 2.05) is 13.8 Å². The lowest BCUT2D eigenvalue weighted by Crippen LogP contribution is -2.13. The molecule has 6 heteroatoms. The summed E-state index contributed by atoms with van der Waals surface area (Å²) in [6, 6.07) is 0. The summed E-state index contributed by atoms with van der Waals surface area (Å²) in [5.41, 5.74) is 0.638. The highest BCUT2D eigenvalue weighted by Crippen LogP contribution is 2.60. The second kappa shape index (κ2) is 6.64. The van der Waals surface area contributed by atoms with Crippen LogP contribution in [0.15, 0.2) is 10.6 Å². The number of carbonyl (C=O) groups is 1. The molecule has 2 atom stereocenters. The van der Waals surface area contributed by atoms with Crippen molar-refractivity contribution in [3.8, 4) is 0 Å². The van der Waals surface area contributed by atoms with Crippen LogP contribution in [0.1, 0.15) is 36.1 Å². The molecular weight excluding hydrogens is 357 g/mol. The predicted octanol–water partition coefficient (Wildman–Crippen LogP) is 5.52. The maximum atomic E-state index is 14.0. The largest absolute Gasteiger partial charge is 0.461 e. The van der Waals surface area contributed by atoms with E-state index in [-0.39, 0.29) is 33.9 Å². The van der Waals surface area contributed by atoms with Crippen molar-refractivity contribution in [3.05, 3.63) is 44.5 Å². The van der Waals surface area contributed by atoms with Gasteiger partial charge in [-0.15, -0.1) is 0 Å². The fourth-order valence-corrected chi connectivity index (χ4v) is 3.50. The van der Waals surface area contributed by atoms with E-state index in [1.54, 1.807) is 19.9 Å². The monoisotopic (exact) mass is 376 g/mol. The highest BCUT2D eigenvalue weighted by Gasteiger charge is 2.61. The molecule has 1 aromatic carbocycles. The van der Waals surface area contributed by atoms with Gasteiger partial charge in [0.15, 0.2) is 0 Å². The van der Waals surface area contributed by atoms with E-state index in [9.17, 15) is 13.6 Å². The first-order valence-corrected chi connectivity index (χ1v) is 8.38. The Morgan fingerprint density at radius 2 is 1.62 bits per heavy atom. The standard InChI is InChI=1S/C18H20Cl2F2O2/c1-8-11(9(2)16(22)10(3)15(8)21)7-24-17(23)14-12(6-13(19)20)18(14,4)5/h6,12,14H,7H2,1-5H3/t12-,14+/m1/s1. The third-order valence-corrected chi connectivity index (χ3v) is 5.30. The topological polar surface area (TPSA) is 26.3 Å². The van der Waals surface area contributed by atoms with Gasteiger partial charge >= 0.3 is 5.97 Å². The fraction of sp³-hybridized carbons (Fsp3) is 0.500. The van der Waals surface area contributed by atoms with Crippen LogP contribution in [-0.2, 0) is 16.1 Å². The van der Waals surface area contributed by atoms with Crippen molar-refractivity contribution in [3.63, 3.8) is 0 Å². The SMILES string of the molecule is Cc1c(F)c(C)c(COC(=O)[C@@H]2[C@@H](C=C(Cl)Cl)C2(C)C)c(C)c1F. The Hall–Kier alpha value is -1.13. The lowest BCUT2D eigenvalue weighted by atomic mass is 9.98. The van der Waals surface area contributed by atoms with Gasteiger partial charge in [0.05, 0.1) is 5.92 Å². The molecule has 2 rings (SSSR count). The van der Waals surface area contributed by atoms with Crippen LogP contribution in [0.2, 0.25) is 0 Å². The summed E-state index contributed by atoms with van der Waals surface area (Å²) >= 11 is 11.3. The molecule has 0 N–H and O–H groups in total. The summed E-state index contributed by atoms with van der Waals surface area (Å²) in [4.78, 5) is 12.3. The molecule has 0 aromatic heterocycles. The summed E-state index contributed by atoms with van der Waals surface area (Å²) in [5.74, 6) is -2.11. The minimum atomic E-state index is -0.606. The van der Waals surface area contributed by atoms with Crippen molar-refractivity contribution in [2.75, 3.05) is 0 Å². The van der Waals surface area contributed by atoms with E-state index >= 15 is 0 Å². The first-order valence-electron chi connectivity index (χ1n) is 7.63. The third kappa shape index (κ3) is 3.31. The van der Waals surface area contributed by atoms with Crippen LogP contribution in [-0.4, -0.2) is 5.97 Å². The number of rotatable bonds is 4. The van der Waals surface area contributed by atoms with E-state index in [2.05, 4.69) is 0 Å². The van der Waals surface area contributed by atoms with Gasteiger partial charge < -0.3 is 4.74 Å². The Balaban J connectivity index is 2.16. The van der Waals surface area contributed by atoms with Gasteiger partial charge in [0.2, 0.25) is 0 Å². The minimum Gasteiger partial charge on any atom is -0.461 e. The van der Waals surface area contributed by atoms with Crippen LogP contribution in [0.5, 0.6) is 0 Å². The van der Waals surface area contributed by atoms with Crippen LogP contribution >= 0.6 is 23.2 Å². The number of hydrogen-bond acceptors (Lipinski definition) is 2. The van der Waals surface area contributed by atoms with Crippen molar-refractivity contribution >= 4 is 29.2 Å². The Kier molecular flexibility index (Phi) is 5.31. The smallest absolute Gasteiger partial charge is 0.310 e. The van der Waals surface area contributed by atoms with Gasteiger partial charge in [-0.25, -0.2) is 8.78 Å². The molecule has 0 amide bonds. The maximum absolute atomic E-state index is 14.0. The summed E-state index contributed by atoms with van der Waals surface area (Å²) in [5, 5.41) is 0. The number of ether oxygens (including phenoxy) is 1. The number of carbonyl (C=O) groups excluding carboxylic acids is 1. The van der Waals surface area contributed by atoms with Gasteiger partial charge in [-0.3, -0.25) is 4.79 Å². The molecule has 0 spiro atoms. The fourth-order valence-electron chi connectivity index (χ4n) is 3.23. The van der Waals surface area contributed by atoms with Crippen LogP contribution in [0, 0.1) is 49.7 Å². The molecule has 0 unspecified atom stereocenters. The molecule has 132 valence electrons. The zero-order valence-electron chi connectivity index (χ0n) is 14.3. The average Bonchev–Trinajstić information content (AvgIpc) is 3.02. The third-order valence-electron chi connectivity index (χ3n) is 5.05. The first-order chi connectivity index (χ1) is 11.0. The molecule has 0 bridgehead atoms. The minimum absolute atomic E-state index is 0.0228. The number of benzene rings is 1. The molecule has 1 aliphatic carbocycles. The summed E-state index contributed by atoms with van der Waals surface area (Å²) < 4.78 is 33.5. The van der Waals surface area contributed by atoms with Gasteiger partial charge in [-0.05, 0) is 49.3 Å². The summed E-state index contributed by atoms with van der Waals surface area (Å²) in [6.07, 6.45) is 1.62. The van der Waals surface area contributed by atoms with Gasteiger partial charge in [0.1, 0.15) is 22.7 Å². The zero-order chi connectivity index (χ0) is 18.4. The molecule has 0 radical (unpaired) electrons. The van der Waals surface area contributed by atoms with E-state index in [0.717, 1.165) is 0 Å². The highest BCUT2D eigenvalue weighted by atomic mass is 35.5. The van der Waals surface area contributed by atoms with E-state index in [4.69, 9.17) is 27.9 Å². The Morgan fingerprint density at radius 1 is 1.12 bits per heavy atom. The van der Waals surface area contributed by atoms with Crippen molar-refractivity contribution in [1.29, 1.82) is 0 Å². The molecule has 0 heterocycles. The molecule has 1 aliphatic rings. The van der Waals surface area contributed by atoms with E-state index in [1.165, 1.54) is 6.92 Å². The Labute approximate surface area is 150 Å². The molecule has 24 heavy (non-hydrogen) atoms. The number of esters is 1. The van der Waals surface area contributed by atoms with E-state index < -0.39 is 17.6 Å². The van der Waals surface area contributed by atoms with Gasteiger partial charge in [0, 0.05) is 11.1 Å². The van der Waals surface area contributed by atoms with Crippen molar-refractivity contribution in [1.82, 2.24) is 0 Å². The Morgan fingerprint density at radius 3 is 2.08 bits per heavy atom. The Bertz CT molecular complexity index is 693. The van der Waals surface area contributed by atoms with Crippen LogP contribution in [0.3, 0.4) is 0 Å². The van der Waals surface area contributed by atoms with Gasteiger partial charge in [-0.2, -0.15) is 0 Å². The van der Waals surface area contributed by atoms with Crippen molar-refractivity contribution < 1.29 is 18.3 Å². The number of allylic oxidation sites excluding steroid dienone is 1. The zero-order valence-corrected chi connectivity index (χ0v) is 15.8. The lowest BCUT2D eigenvalue weighted by Gasteiger charge is -2.15. The molecule has 1 aromatic rings. The molecule has 1 saturated carbocycles. The van der Waals surface area contributed by atoms with Crippen LogP contribution in [0.4, 0.5) is 8.78 Å². The van der Waals surface area contributed by atoms with Gasteiger partial charge in [-0.1, -0.05) is 37.0 Å². The van der Waals surface area contributed by atoms with Crippen LogP contribution < -0.4 is 0 Å². The number of halogens is 4. The molecular formula is C18H20Cl2F2O2. The molecule has 0 saturated heterocycles. The average molecular weight is 377 g/mol. The van der Waals surface area contributed by atoms with E-state index in [0.29, 0.717) is 16.7 Å². The predicted molar refractivity (Wildman–Crippen MR) is 90.9 cm³/mol. The van der Waals surface area contributed by atoms with Crippen molar-refractivity contribution in [2.45, 2.75) is 41.2 Å². The second-order valence-electron chi connectivity index (χ2n) is 6.87. The number of hydrogen-bond donors (Lipinski definition) is 0. The second-order valence-corrected chi connectivity index (χ2v) is 7.88. The lowest BCUT2D eigenvalue weighted by molar-refractivity contribution is -0.147. The molecule has 0 aliphatic heterocycles. The highest BCUT2D eigenvalue weighted by molar-refractivity contribution is 6.55. The molecule has 2 nitrogen and oxygen atoms in total.